The fraction of sp³-hybridized carbons (Fsp3) is 0.100. The fourth-order valence-electron chi connectivity index (χ4n) is 1.35. The van der Waals surface area contributed by atoms with E-state index in [4.69, 9.17) is 10.5 Å². The lowest BCUT2D eigenvalue weighted by Crippen LogP contribution is -2.00. The molecule has 0 aromatic carbocycles. The maximum atomic E-state index is 13.5. The lowest BCUT2D eigenvalue weighted by Gasteiger charge is -2.09. The van der Waals surface area contributed by atoms with Crippen molar-refractivity contribution in [2.45, 2.75) is 0 Å². The SMILES string of the molecule is COc1c(N)ncnc1-c1ccncc1F. The topological polar surface area (TPSA) is 73.9 Å². The molecular weight excluding hydrogens is 211 g/mol. The highest BCUT2D eigenvalue weighted by Gasteiger charge is 2.14. The number of nitrogen functional groups attached to an aromatic ring is 1. The van der Waals surface area contributed by atoms with Crippen LogP contribution in [-0.4, -0.2) is 22.1 Å². The molecule has 0 aliphatic heterocycles. The minimum absolute atomic E-state index is 0.170. The molecule has 82 valence electrons. The van der Waals surface area contributed by atoms with Gasteiger partial charge < -0.3 is 10.5 Å². The van der Waals surface area contributed by atoms with Crippen molar-refractivity contribution in [2.75, 3.05) is 12.8 Å². The third kappa shape index (κ3) is 1.65. The second-order valence-electron chi connectivity index (χ2n) is 3.00. The number of nitrogens with two attached hydrogens (primary N) is 1. The second kappa shape index (κ2) is 4.09. The molecule has 6 heteroatoms. The molecule has 2 rings (SSSR count). The highest BCUT2D eigenvalue weighted by atomic mass is 19.1. The predicted octanol–water partition coefficient (Wildman–Crippen LogP) is 1.27. The van der Waals surface area contributed by atoms with E-state index in [1.54, 1.807) is 0 Å². The third-order valence-electron chi connectivity index (χ3n) is 2.06. The Morgan fingerprint density at radius 1 is 1.38 bits per heavy atom. The number of hydrogen-bond donors (Lipinski definition) is 1. The molecule has 5 nitrogen and oxygen atoms in total. The van der Waals surface area contributed by atoms with E-state index >= 15 is 0 Å². The number of hydrogen-bond acceptors (Lipinski definition) is 5. The first-order chi connectivity index (χ1) is 7.74. The average molecular weight is 220 g/mol. The van der Waals surface area contributed by atoms with Crippen LogP contribution in [0.15, 0.2) is 24.8 Å². The summed E-state index contributed by atoms with van der Waals surface area (Å²) in [5.74, 6) is -0.0600. The molecule has 0 fully saturated rings. The average Bonchev–Trinajstić information content (AvgIpc) is 2.29. The number of methoxy groups -OCH3 is 1. The van der Waals surface area contributed by atoms with Gasteiger partial charge in [0.15, 0.2) is 17.4 Å². The maximum absolute atomic E-state index is 13.5. The first-order valence-corrected chi connectivity index (χ1v) is 4.48. The maximum Gasteiger partial charge on any atom is 0.187 e. The molecule has 0 bridgehead atoms. The molecule has 2 N–H and O–H groups in total. The number of rotatable bonds is 2. The zero-order valence-corrected chi connectivity index (χ0v) is 8.51. The van der Waals surface area contributed by atoms with Gasteiger partial charge in [0, 0.05) is 11.8 Å². The summed E-state index contributed by atoms with van der Waals surface area (Å²) in [5.41, 5.74) is 6.20. The van der Waals surface area contributed by atoms with Crippen LogP contribution < -0.4 is 10.5 Å². The van der Waals surface area contributed by atoms with Crippen molar-refractivity contribution >= 4 is 5.82 Å². The van der Waals surface area contributed by atoms with Gasteiger partial charge in [-0.1, -0.05) is 0 Å². The van der Waals surface area contributed by atoms with Gasteiger partial charge in [0.1, 0.15) is 12.0 Å². The number of ether oxygens (including phenoxy) is 1. The Kier molecular flexibility index (Phi) is 2.63. The van der Waals surface area contributed by atoms with Crippen molar-refractivity contribution in [1.82, 2.24) is 15.0 Å². The van der Waals surface area contributed by atoms with Gasteiger partial charge in [-0.05, 0) is 6.07 Å². The molecule has 0 amide bonds. The van der Waals surface area contributed by atoms with E-state index in [9.17, 15) is 4.39 Å². The summed E-state index contributed by atoms with van der Waals surface area (Å²) < 4.78 is 18.6. The summed E-state index contributed by atoms with van der Waals surface area (Å²) in [6, 6.07) is 1.50. The van der Waals surface area contributed by atoms with Crippen LogP contribution in [0.25, 0.3) is 11.3 Å². The van der Waals surface area contributed by atoms with Crippen molar-refractivity contribution in [1.29, 1.82) is 0 Å². The summed E-state index contributed by atoms with van der Waals surface area (Å²) in [7, 11) is 1.43. The van der Waals surface area contributed by atoms with E-state index in [2.05, 4.69) is 15.0 Å². The molecule has 2 aromatic rings. The summed E-state index contributed by atoms with van der Waals surface area (Å²) >= 11 is 0. The summed E-state index contributed by atoms with van der Waals surface area (Å²) in [6.45, 7) is 0. The van der Waals surface area contributed by atoms with Crippen molar-refractivity contribution in [3.8, 4) is 17.0 Å². The van der Waals surface area contributed by atoms with Crippen LogP contribution in [0.1, 0.15) is 0 Å². The van der Waals surface area contributed by atoms with E-state index in [-0.39, 0.29) is 17.1 Å². The third-order valence-corrected chi connectivity index (χ3v) is 2.06. The second-order valence-corrected chi connectivity index (χ2v) is 3.00. The van der Waals surface area contributed by atoms with Crippen molar-refractivity contribution in [3.05, 3.63) is 30.6 Å². The van der Waals surface area contributed by atoms with Crippen LogP contribution in [0.4, 0.5) is 10.2 Å². The molecule has 2 aromatic heterocycles. The number of anilines is 1. The lowest BCUT2D eigenvalue weighted by molar-refractivity contribution is 0.415. The van der Waals surface area contributed by atoms with Gasteiger partial charge in [0.25, 0.3) is 0 Å². The molecular formula is C10H9FN4O. The monoisotopic (exact) mass is 220 g/mol. The number of pyridine rings is 1. The Balaban J connectivity index is 2.65. The molecule has 0 radical (unpaired) electrons. The van der Waals surface area contributed by atoms with E-state index in [1.807, 2.05) is 0 Å². The standard InChI is InChI=1S/C10H9FN4O/c1-16-9-8(14-5-15-10(9)12)6-2-3-13-4-7(6)11/h2-5H,1H3,(H2,12,14,15). The summed E-state index contributed by atoms with van der Waals surface area (Å²) in [6.07, 6.45) is 3.83. The Bertz CT molecular complexity index is 518. The van der Waals surface area contributed by atoms with Gasteiger partial charge in [-0.25, -0.2) is 14.4 Å². The van der Waals surface area contributed by atoms with Crippen LogP contribution in [-0.2, 0) is 0 Å². The lowest BCUT2D eigenvalue weighted by atomic mass is 10.1. The van der Waals surface area contributed by atoms with E-state index in [1.165, 1.54) is 25.7 Å². The van der Waals surface area contributed by atoms with Crippen LogP contribution in [0.2, 0.25) is 0 Å². The Morgan fingerprint density at radius 2 is 2.19 bits per heavy atom. The highest BCUT2D eigenvalue weighted by molar-refractivity contribution is 5.71. The molecule has 0 saturated heterocycles. The number of aromatic nitrogens is 3. The van der Waals surface area contributed by atoms with Gasteiger partial charge in [0.2, 0.25) is 0 Å². The fourth-order valence-corrected chi connectivity index (χ4v) is 1.35. The minimum atomic E-state index is -0.487. The molecule has 0 aliphatic rings. The Hall–Kier alpha value is -2.24. The Morgan fingerprint density at radius 3 is 2.88 bits per heavy atom. The molecule has 0 spiro atoms. The molecule has 0 saturated carbocycles. The van der Waals surface area contributed by atoms with E-state index in [0.717, 1.165) is 6.20 Å². The van der Waals surface area contributed by atoms with Crippen LogP contribution >= 0.6 is 0 Å². The first-order valence-electron chi connectivity index (χ1n) is 4.48. The quantitative estimate of drug-likeness (QED) is 0.824. The van der Waals surface area contributed by atoms with Crippen molar-refractivity contribution < 1.29 is 9.13 Å². The zero-order valence-electron chi connectivity index (χ0n) is 8.51. The first kappa shape index (κ1) is 10.3. The highest BCUT2D eigenvalue weighted by Crippen LogP contribution is 2.31. The summed E-state index contributed by atoms with van der Waals surface area (Å²) in [5, 5.41) is 0. The minimum Gasteiger partial charge on any atom is -0.491 e. The predicted molar refractivity (Wildman–Crippen MR) is 56.2 cm³/mol. The number of halogens is 1. The molecule has 0 aliphatic carbocycles. The molecule has 2 heterocycles. The van der Waals surface area contributed by atoms with E-state index < -0.39 is 5.82 Å². The largest absolute Gasteiger partial charge is 0.491 e. The van der Waals surface area contributed by atoms with Crippen LogP contribution in [0.5, 0.6) is 5.75 Å². The number of nitrogens with zero attached hydrogens (tertiary/aromatic N) is 3. The summed E-state index contributed by atoms with van der Waals surface area (Å²) in [4.78, 5) is 11.4. The van der Waals surface area contributed by atoms with Gasteiger partial charge in [0.05, 0.1) is 13.3 Å². The molecule has 0 atom stereocenters. The van der Waals surface area contributed by atoms with Crippen molar-refractivity contribution in [3.63, 3.8) is 0 Å². The van der Waals surface area contributed by atoms with Gasteiger partial charge in [-0.15, -0.1) is 0 Å². The van der Waals surface area contributed by atoms with Gasteiger partial charge >= 0.3 is 0 Å². The van der Waals surface area contributed by atoms with Crippen LogP contribution in [0.3, 0.4) is 0 Å². The van der Waals surface area contributed by atoms with Gasteiger partial charge in [-0.3, -0.25) is 4.98 Å². The molecule has 16 heavy (non-hydrogen) atoms. The smallest absolute Gasteiger partial charge is 0.187 e. The molecule has 0 unspecified atom stereocenters. The van der Waals surface area contributed by atoms with Crippen molar-refractivity contribution in [2.24, 2.45) is 0 Å². The van der Waals surface area contributed by atoms with Crippen LogP contribution in [0, 0.1) is 5.82 Å². The zero-order chi connectivity index (χ0) is 11.5. The van der Waals surface area contributed by atoms with E-state index in [0.29, 0.717) is 5.69 Å². The van der Waals surface area contributed by atoms with Gasteiger partial charge in [-0.2, -0.15) is 0 Å². The normalized spacial score (nSPS) is 10.1. The Labute approximate surface area is 91.1 Å².